The summed E-state index contributed by atoms with van der Waals surface area (Å²) in [5.41, 5.74) is 4.45. The Kier molecular flexibility index (Phi) is 6.92. The van der Waals surface area contributed by atoms with Gasteiger partial charge >= 0.3 is 0 Å². The van der Waals surface area contributed by atoms with E-state index in [1.54, 1.807) is 0 Å². The van der Waals surface area contributed by atoms with Crippen LogP contribution in [-0.2, 0) is 6.54 Å². The molecule has 0 amide bonds. The molecule has 0 spiro atoms. The Morgan fingerprint density at radius 1 is 1.13 bits per heavy atom. The lowest BCUT2D eigenvalue weighted by molar-refractivity contribution is 0.463. The van der Waals surface area contributed by atoms with Crippen molar-refractivity contribution < 1.29 is 0 Å². The monoisotopic (exact) mass is 436 g/mol. The first-order chi connectivity index (χ1) is 15.2. The molecule has 1 aliphatic rings. The molecule has 1 saturated heterocycles. The van der Waals surface area contributed by atoms with Gasteiger partial charge < -0.3 is 15.5 Å². The van der Waals surface area contributed by atoms with E-state index in [2.05, 4.69) is 66.0 Å². The van der Waals surface area contributed by atoms with Crippen LogP contribution < -0.4 is 15.5 Å². The summed E-state index contributed by atoms with van der Waals surface area (Å²) in [4.78, 5) is 7.39. The highest BCUT2D eigenvalue weighted by Gasteiger charge is 2.21. The number of benzene rings is 1. The minimum atomic E-state index is 0.447. The first-order valence-corrected chi connectivity index (χ1v) is 12.0. The van der Waals surface area contributed by atoms with Gasteiger partial charge in [0, 0.05) is 36.9 Å². The summed E-state index contributed by atoms with van der Waals surface area (Å²) in [5, 5.41) is 15.4. The summed E-state index contributed by atoms with van der Waals surface area (Å²) in [5.74, 6) is 0.892. The molecule has 0 saturated carbocycles. The van der Waals surface area contributed by atoms with Crippen molar-refractivity contribution in [3.8, 4) is 5.69 Å². The number of hydrogen-bond acceptors (Lipinski definition) is 4. The predicted molar refractivity (Wildman–Crippen MR) is 131 cm³/mol. The number of thiophene rings is 1. The third kappa shape index (κ3) is 5.10. The van der Waals surface area contributed by atoms with Gasteiger partial charge in [-0.05, 0) is 63.3 Å². The Balaban J connectivity index is 1.41. The number of nitrogens with zero attached hydrogens (tertiary/aromatic N) is 4. The zero-order valence-corrected chi connectivity index (χ0v) is 19.5. The number of piperidine rings is 1. The molecule has 31 heavy (non-hydrogen) atoms. The number of para-hydroxylation sites is 1. The molecule has 3 heterocycles. The Hall–Kier alpha value is -2.80. The SMILES string of the molecule is CCNC(=NCc1c(C)nn(-c2ccccc2)c1C)NC1CCN(c2cccs2)CC1. The molecule has 0 atom stereocenters. The number of aromatic nitrogens is 2. The zero-order chi connectivity index (χ0) is 21.6. The summed E-state index contributed by atoms with van der Waals surface area (Å²) < 4.78 is 2.01. The standard InChI is InChI=1S/C24H32N6S/c1-4-25-24(27-20-12-14-29(15-13-20)23-11-8-16-31-23)26-17-22-18(2)28-30(19(22)3)21-9-6-5-7-10-21/h5-11,16,20H,4,12-15,17H2,1-3H3,(H2,25,26,27). The van der Waals surface area contributed by atoms with Crippen LogP contribution in [0.15, 0.2) is 52.8 Å². The molecule has 0 radical (unpaired) electrons. The molecule has 6 nitrogen and oxygen atoms in total. The largest absolute Gasteiger partial charge is 0.363 e. The highest BCUT2D eigenvalue weighted by atomic mass is 32.1. The van der Waals surface area contributed by atoms with E-state index in [0.717, 1.165) is 55.5 Å². The van der Waals surface area contributed by atoms with E-state index >= 15 is 0 Å². The van der Waals surface area contributed by atoms with Crippen LogP contribution >= 0.6 is 11.3 Å². The van der Waals surface area contributed by atoms with Gasteiger partial charge in [0.25, 0.3) is 0 Å². The number of aryl methyl sites for hydroxylation is 1. The quantitative estimate of drug-likeness (QED) is 0.447. The van der Waals surface area contributed by atoms with Crippen LogP contribution in [0.5, 0.6) is 0 Å². The van der Waals surface area contributed by atoms with Crippen molar-refractivity contribution in [2.75, 3.05) is 24.5 Å². The maximum atomic E-state index is 4.90. The average molecular weight is 437 g/mol. The van der Waals surface area contributed by atoms with E-state index in [0.29, 0.717) is 12.6 Å². The van der Waals surface area contributed by atoms with Crippen LogP contribution in [0.1, 0.15) is 36.7 Å². The Bertz CT molecular complexity index is 985. The molecule has 1 aromatic carbocycles. The number of aliphatic imine (C=N–C) groups is 1. The number of anilines is 1. The highest BCUT2D eigenvalue weighted by molar-refractivity contribution is 7.14. The van der Waals surface area contributed by atoms with Gasteiger partial charge in [-0.1, -0.05) is 18.2 Å². The minimum Gasteiger partial charge on any atom is -0.363 e. The van der Waals surface area contributed by atoms with E-state index in [1.807, 2.05) is 34.2 Å². The average Bonchev–Trinajstić information content (AvgIpc) is 3.42. The third-order valence-electron chi connectivity index (χ3n) is 5.84. The summed E-state index contributed by atoms with van der Waals surface area (Å²) in [6, 6.07) is 15.1. The van der Waals surface area contributed by atoms with Crippen LogP contribution in [0.2, 0.25) is 0 Å². The first kappa shape index (κ1) is 21.4. The van der Waals surface area contributed by atoms with E-state index in [-0.39, 0.29) is 0 Å². The van der Waals surface area contributed by atoms with Crippen molar-refractivity contribution in [1.82, 2.24) is 20.4 Å². The van der Waals surface area contributed by atoms with Gasteiger partial charge in [0.1, 0.15) is 0 Å². The van der Waals surface area contributed by atoms with Crippen LogP contribution in [0, 0.1) is 13.8 Å². The lowest BCUT2D eigenvalue weighted by Crippen LogP contribution is -2.48. The molecule has 4 rings (SSSR count). The van der Waals surface area contributed by atoms with Gasteiger partial charge in [0.2, 0.25) is 0 Å². The summed E-state index contributed by atoms with van der Waals surface area (Å²) in [7, 11) is 0. The third-order valence-corrected chi connectivity index (χ3v) is 6.76. The molecule has 0 bridgehead atoms. The molecule has 3 aromatic rings. The molecular weight excluding hydrogens is 404 g/mol. The van der Waals surface area contributed by atoms with Crippen LogP contribution in [0.3, 0.4) is 0 Å². The van der Waals surface area contributed by atoms with Crippen LogP contribution in [0.25, 0.3) is 5.69 Å². The van der Waals surface area contributed by atoms with Crippen molar-refractivity contribution in [3.63, 3.8) is 0 Å². The number of nitrogens with one attached hydrogen (secondary N) is 2. The van der Waals surface area contributed by atoms with Gasteiger partial charge in [-0.2, -0.15) is 5.10 Å². The zero-order valence-electron chi connectivity index (χ0n) is 18.6. The second-order valence-corrected chi connectivity index (χ2v) is 8.87. The van der Waals surface area contributed by atoms with Crippen LogP contribution in [-0.4, -0.2) is 41.4 Å². The minimum absolute atomic E-state index is 0.447. The number of rotatable bonds is 6. The number of hydrogen-bond donors (Lipinski definition) is 2. The van der Waals surface area contributed by atoms with E-state index in [1.165, 1.54) is 10.6 Å². The molecular formula is C24H32N6S. The normalized spacial score (nSPS) is 15.3. The highest BCUT2D eigenvalue weighted by Crippen LogP contribution is 2.25. The smallest absolute Gasteiger partial charge is 0.191 e. The van der Waals surface area contributed by atoms with E-state index in [9.17, 15) is 0 Å². The summed E-state index contributed by atoms with van der Waals surface area (Å²) in [6.07, 6.45) is 2.23. The molecule has 1 aliphatic heterocycles. The molecule has 7 heteroatoms. The predicted octanol–water partition coefficient (Wildman–Crippen LogP) is 4.27. The van der Waals surface area contributed by atoms with Crippen molar-refractivity contribution in [2.24, 2.45) is 4.99 Å². The molecule has 0 unspecified atom stereocenters. The Morgan fingerprint density at radius 3 is 2.58 bits per heavy atom. The lowest BCUT2D eigenvalue weighted by Gasteiger charge is -2.33. The Labute approximate surface area is 189 Å². The lowest BCUT2D eigenvalue weighted by atomic mass is 10.1. The second-order valence-electron chi connectivity index (χ2n) is 7.95. The van der Waals surface area contributed by atoms with Crippen molar-refractivity contribution in [1.29, 1.82) is 0 Å². The van der Waals surface area contributed by atoms with E-state index in [4.69, 9.17) is 10.1 Å². The fraction of sp³-hybridized carbons (Fsp3) is 0.417. The first-order valence-electron chi connectivity index (χ1n) is 11.1. The van der Waals surface area contributed by atoms with Crippen LogP contribution in [0.4, 0.5) is 5.00 Å². The van der Waals surface area contributed by atoms with Crippen molar-refractivity contribution >= 4 is 22.3 Å². The second kappa shape index (κ2) is 10.0. The van der Waals surface area contributed by atoms with Gasteiger partial charge in [-0.3, -0.25) is 0 Å². The fourth-order valence-corrected chi connectivity index (χ4v) is 4.88. The molecule has 1 fully saturated rings. The molecule has 2 N–H and O–H groups in total. The van der Waals surface area contributed by atoms with Gasteiger partial charge in [0.05, 0.1) is 22.9 Å². The van der Waals surface area contributed by atoms with Crippen molar-refractivity contribution in [2.45, 2.75) is 46.2 Å². The fourth-order valence-electron chi connectivity index (χ4n) is 4.09. The maximum Gasteiger partial charge on any atom is 0.191 e. The maximum absolute atomic E-state index is 4.90. The molecule has 2 aromatic heterocycles. The molecule has 164 valence electrons. The topological polar surface area (TPSA) is 57.5 Å². The summed E-state index contributed by atoms with van der Waals surface area (Å²) in [6.45, 7) is 9.94. The van der Waals surface area contributed by atoms with Gasteiger partial charge in [0.15, 0.2) is 5.96 Å². The Morgan fingerprint density at radius 2 is 1.90 bits per heavy atom. The summed E-state index contributed by atoms with van der Waals surface area (Å²) >= 11 is 1.82. The van der Waals surface area contributed by atoms with Crippen molar-refractivity contribution in [3.05, 3.63) is 64.8 Å². The van der Waals surface area contributed by atoms with Gasteiger partial charge in [-0.15, -0.1) is 11.3 Å². The van der Waals surface area contributed by atoms with E-state index < -0.39 is 0 Å². The number of guanidine groups is 1. The molecule has 0 aliphatic carbocycles. The van der Waals surface area contributed by atoms with Gasteiger partial charge in [-0.25, -0.2) is 9.67 Å².